The molecule has 104 valence electrons. The van der Waals surface area contributed by atoms with E-state index in [1.54, 1.807) is 7.11 Å². The highest BCUT2D eigenvalue weighted by Gasteiger charge is 2.19. The maximum Gasteiger partial charge on any atom is 0.142 e. The van der Waals surface area contributed by atoms with Crippen LogP contribution in [0.15, 0.2) is 12.1 Å². The number of benzene rings is 1. The van der Waals surface area contributed by atoms with Gasteiger partial charge in [-0.15, -0.1) is 0 Å². The van der Waals surface area contributed by atoms with E-state index in [1.807, 2.05) is 13.1 Å². The van der Waals surface area contributed by atoms with Gasteiger partial charge in [-0.3, -0.25) is 0 Å². The third kappa shape index (κ3) is 3.64. The van der Waals surface area contributed by atoms with Gasteiger partial charge in [0.15, 0.2) is 0 Å². The van der Waals surface area contributed by atoms with Crippen LogP contribution < -0.4 is 9.64 Å². The Morgan fingerprint density at radius 1 is 1.32 bits per heavy atom. The van der Waals surface area contributed by atoms with E-state index in [4.69, 9.17) is 4.74 Å². The number of hydrogen-bond acceptors (Lipinski definition) is 3. The summed E-state index contributed by atoms with van der Waals surface area (Å²) >= 11 is 0. The molecular formula is C16H24N2O. The van der Waals surface area contributed by atoms with E-state index in [2.05, 4.69) is 44.7 Å². The summed E-state index contributed by atoms with van der Waals surface area (Å²) in [5.74, 6) is 1.25. The van der Waals surface area contributed by atoms with Crippen LogP contribution in [0, 0.1) is 37.0 Å². The molecule has 1 atom stereocenters. The van der Waals surface area contributed by atoms with Gasteiger partial charge < -0.3 is 9.64 Å². The second-order valence-electron chi connectivity index (χ2n) is 5.49. The lowest BCUT2D eigenvalue weighted by Gasteiger charge is -2.27. The Bertz CT molecular complexity index is 474. The monoisotopic (exact) mass is 260 g/mol. The second-order valence-corrected chi connectivity index (χ2v) is 5.49. The fourth-order valence-electron chi connectivity index (χ4n) is 2.35. The number of ether oxygens (including phenoxy) is 1. The van der Waals surface area contributed by atoms with Crippen LogP contribution in [0.4, 0.5) is 5.69 Å². The molecule has 0 amide bonds. The SMILES string of the molecule is COc1cc(C)cc(C)c1N(C)CC(C#N)C(C)C. The summed E-state index contributed by atoms with van der Waals surface area (Å²) in [6, 6.07) is 6.57. The first kappa shape index (κ1) is 15.4. The molecule has 0 aromatic heterocycles. The minimum Gasteiger partial charge on any atom is -0.495 e. The van der Waals surface area contributed by atoms with E-state index in [0.29, 0.717) is 12.5 Å². The van der Waals surface area contributed by atoms with Crippen LogP contribution in [-0.2, 0) is 0 Å². The van der Waals surface area contributed by atoms with Crippen molar-refractivity contribution in [2.75, 3.05) is 25.6 Å². The first-order valence-electron chi connectivity index (χ1n) is 6.66. The Morgan fingerprint density at radius 2 is 1.95 bits per heavy atom. The summed E-state index contributed by atoms with van der Waals surface area (Å²) in [6.07, 6.45) is 0. The van der Waals surface area contributed by atoms with Crippen LogP contribution in [0.2, 0.25) is 0 Å². The van der Waals surface area contributed by atoms with Crippen molar-refractivity contribution in [3.63, 3.8) is 0 Å². The highest BCUT2D eigenvalue weighted by Crippen LogP contribution is 2.33. The molecule has 3 heteroatoms. The molecule has 0 N–H and O–H groups in total. The zero-order chi connectivity index (χ0) is 14.6. The molecule has 1 aromatic rings. The summed E-state index contributed by atoms with van der Waals surface area (Å²) in [7, 11) is 3.71. The largest absolute Gasteiger partial charge is 0.495 e. The van der Waals surface area contributed by atoms with Crippen LogP contribution >= 0.6 is 0 Å². The van der Waals surface area contributed by atoms with Crippen molar-refractivity contribution in [1.29, 1.82) is 5.26 Å². The third-order valence-corrected chi connectivity index (χ3v) is 3.45. The van der Waals surface area contributed by atoms with E-state index in [1.165, 1.54) is 11.1 Å². The van der Waals surface area contributed by atoms with Gasteiger partial charge in [-0.05, 0) is 37.0 Å². The van der Waals surface area contributed by atoms with Gasteiger partial charge in [0.25, 0.3) is 0 Å². The Balaban J connectivity index is 3.06. The van der Waals surface area contributed by atoms with Crippen molar-refractivity contribution in [3.8, 4) is 11.8 Å². The topological polar surface area (TPSA) is 36.3 Å². The number of rotatable bonds is 5. The Labute approximate surface area is 116 Å². The van der Waals surface area contributed by atoms with Crippen LogP contribution in [0.1, 0.15) is 25.0 Å². The molecule has 1 aromatic carbocycles. The molecule has 19 heavy (non-hydrogen) atoms. The van der Waals surface area contributed by atoms with Crippen molar-refractivity contribution in [2.45, 2.75) is 27.7 Å². The van der Waals surface area contributed by atoms with Gasteiger partial charge in [0, 0.05) is 13.6 Å². The normalized spacial score (nSPS) is 12.1. The molecule has 0 saturated carbocycles. The molecule has 0 aliphatic rings. The number of nitrogens with zero attached hydrogens (tertiary/aromatic N) is 2. The van der Waals surface area contributed by atoms with Crippen molar-refractivity contribution in [3.05, 3.63) is 23.3 Å². The van der Waals surface area contributed by atoms with Crippen LogP contribution in [0.3, 0.4) is 0 Å². The molecule has 0 radical (unpaired) electrons. The van der Waals surface area contributed by atoms with E-state index in [9.17, 15) is 5.26 Å². The first-order valence-corrected chi connectivity index (χ1v) is 6.66. The molecule has 1 unspecified atom stereocenters. The highest BCUT2D eigenvalue weighted by atomic mass is 16.5. The summed E-state index contributed by atoms with van der Waals surface area (Å²) in [4.78, 5) is 2.13. The van der Waals surface area contributed by atoms with E-state index in [-0.39, 0.29) is 5.92 Å². The lowest BCUT2D eigenvalue weighted by Crippen LogP contribution is -2.28. The van der Waals surface area contributed by atoms with Crippen molar-refractivity contribution in [1.82, 2.24) is 0 Å². The first-order chi connectivity index (χ1) is 8.90. The van der Waals surface area contributed by atoms with Crippen molar-refractivity contribution >= 4 is 5.69 Å². The van der Waals surface area contributed by atoms with Gasteiger partial charge in [0.05, 0.1) is 24.8 Å². The minimum absolute atomic E-state index is 0.0235. The average molecular weight is 260 g/mol. The van der Waals surface area contributed by atoms with Gasteiger partial charge in [-0.25, -0.2) is 0 Å². The summed E-state index contributed by atoms with van der Waals surface area (Å²) in [5.41, 5.74) is 3.45. The van der Waals surface area contributed by atoms with E-state index >= 15 is 0 Å². The zero-order valence-corrected chi connectivity index (χ0v) is 12.8. The summed E-state index contributed by atoms with van der Waals surface area (Å²) in [5, 5.41) is 9.22. The molecule has 0 spiro atoms. The van der Waals surface area contributed by atoms with E-state index in [0.717, 1.165) is 11.4 Å². The molecule has 3 nitrogen and oxygen atoms in total. The minimum atomic E-state index is 0.0235. The lowest BCUT2D eigenvalue weighted by atomic mass is 9.96. The molecule has 1 rings (SSSR count). The predicted molar refractivity (Wildman–Crippen MR) is 79.7 cm³/mol. The van der Waals surface area contributed by atoms with Gasteiger partial charge in [0.1, 0.15) is 5.75 Å². The fourth-order valence-corrected chi connectivity index (χ4v) is 2.35. The standard InChI is InChI=1S/C16H24N2O/c1-11(2)14(9-17)10-18(5)16-13(4)7-12(3)8-15(16)19-6/h7-8,11,14H,10H2,1-6H3. The number of anilines is 1. The predicted octanol–water partition coefficient (Wildman–Crippen LogP) is 3.54. The average Bonchev–Trinajstić information content (AvgIpc) is 2.33. The molecule has 0 fully saturated rings. The molecule has 0 saturated heterocycles. The summed E-state index contributed by atoms with van der Waals surface area (Å²) < 4.78 is 5.48. The Morgan fingerprint density at radius 3 is 2.42 bits per heavy atom. The van der Waals surface area contributed by atoms with Gasteiger partial charge in [-0.1, -0.05) is 19.9 Å². The van der Waals surface area contributed by atoms with Gasteiger partial charge in [0.2, 0.25) is 0 Å². The third-order valence-electron chi connectivity index (χ3n) is 3.45. The van der Waals surface area contributed by atoms with E-state index < -0.39 is 0 Å². The van der Waals surface area contributed by atoms with Crippen LogP contribution in [0.5, 0.6) is 5.75 Å². The van der Waals surface area contributed by atoms with Crippen LogP contribution in [0.25, 0.3) is 0 Å². The number of methoxy groups -OCH3 is 1. The Hall–Kier alpha value is -1.69. The number of nitriles is 1. The fraction of sp³-hybridized carbons (Fsp3) is 0.562. The zero-order valence-electron chi connectivity index (χ0n) is 12.8. The second kappa shape index (κ2) is 6.47. The number of hydrogen-bond donors (Lipinski definition) is 0. The maximum atomic E-state index is 9.22. The highest BCUT2D eigenvalue weighted by molar-refractivity contribution is 5.64. The van der Waals surface area contributed by atoms with Crippen molar-refractivity contribution < 1.29 is 4.74 Å². The quantitative estimate of drug-likeness (QED) is 0.812. The van der Waals surface area contributed by atoms with Gasteiger partial charge >= 0.3 is 0 Å². The van der Waals surface area contributed by atoms with Crippen LogP contribution in [-0.4, -0.2) is 20.7 Å². The molecule has 0 aliphatic carbocycles. The van der Waals surface area contributed by atoms with Gasteiger partial charge in [-0.2, -0.15) is 5.26 Å². The maximum absolute atomic E-state index is 9.22. The van der Waals surface area contributed by atoms with Crippen molar-refractivity contribution in [2.24, 2.45) is 11.8 Å². The lowest BCUT2D eigenvalue weighted by molar-refractivity contribution is 0.412. The Kier molecular flexibility index (Phi) is 5.23. The molecule has 0 aliphatic heterocycles. The number of aryl methyl sites for hydroxylation is 2. The molecular weight excluding hydrogens is 236 g/mol. The molecule has 0 bridgehead atoms. The molecule has 0 heterocycles. The summed E-state index contributed by atoms with van der Waals surface area (Å²) in [6.45, 7) is 9.03. The smallest absolute Gasteiger partial charge is 0.142 e.